The topological polar surface area (TPSA) is 0 Å². The van der Waals surface area contributed by atoms with Crippen LogP contribution in [0.25, 0.3) is 0 Å². The van der Waals surface area contributed by atoms with E-state index in [1.807, 2.05) is 0 Å². The molecule has 0 aliphatic rings. The van der Waals surface area contributed by atoms with Crippen molar-refractivity contribution in [2.24, 2.45) is 0 Å². The normalized spacial score (nSPS) is 18.0. The van der Waals surface area contributed by atoms with E-state index in [1.165, 1.54) is 0 Å². The Morgan fingerprint density at radius 1 is 1.25 bits per heavy atom. The van der Waals surface area contributed by atoms with Gasteiger partial charge < -0.3 is 0 Å². The quantitative estimate of drug-likeness (QED) is 0.484. The maximum Gasteiger partial charge on any atom is 0.0658 e. The Morgan fingerprint density at radius 2 is 1.67 bits per heavy atom. The van der Waals surface area contributed by atoms with Crippen LogP contribution in [0.5, 0.6) is 0 Å². The summed E-state index contributed by atoms with van der Waals surface area (Å²) in [6.45, 7) is 13.9. The van der Waals surface area contributed by atoms with Crippen LogP contribution in [0.2, 0.25) is 10.6 Å². The minimum atomic E-state index is -0.824. The first-order valence-corrected chi connectivity index (χ1v) is 7.29. The Bertz CT molecular complexity index is 126. The van der Waals surface area contributed by atoms with Gasteiger partial charge in [0.05, 0.1) is 8.80 Å². The van der Waals surface area contributed by atoms with Crippen LogP contribution < -0.4 is 0 Å². The van der Waals surface area contributed by atoms with Crippen molar-refractivity contribution in [1.29, 1.82) is 0 Å². The Balaban J connectivity index is 4.44. The van der Waals surface area contributed by atoms with Crippen LogP contribution in [0.1, 0.15) is 48.0 Å². The van der Waals surface area contributed by atoms with E-state index in [9.17, 15) is 0 Å². The molecule has 0 saturated carbocycles. The van der Waals surface area contributed by atoms with Gasteiger partial charge in [0, 0.05) is 5.00 Å². The van der Waals surface area contributed by atoms with Crippen LogP contribution in [0.15, 0.2) is 0 Å². The molecule has 0 aromatic rings. The molecule has 0 aromatic heterocycles. The Kier molecular flexibility index (Phi) is 4.86. The maximum absolute atomic E-state index is 6.37. The van der Waals surface area contributed by atoms with Gasteiger partial charge in [-0.25, -0.2) is 0 Å². The lowest BCUT2D eigenvalue weighted by Gasteiger charge is -2.35. The Morgan fingerprint density at radius 3 is 1.75 bits per heavy atom. The fourth-order valence-corrected chi connectivity index (χ4v) is 8.65. The van der Waals surface area contributed by atoms with E-state index in [1.54, 1.807) is 0 Å². The van der Waals surface area contributed by atoms with E-state index in [-0.39, 0.29) is 0 Å². The summed E-state index contributed by atoms with van der Waals surface area (Å²) in [4.78, 5) is 0. The zero-order chi connectivity index (χ0) is 9.94. The highest BCUT2D eigenvalue weighted by Crippen LogP contribution is 2.37. The number of rotatable bonds is 3. The van der Waals surface area contributed by atoms with Crippen molar-refractivity contribution < 1.29 is 0 Å². The monoisotopic (exact) mass is 206 g/mol. The minimum Gasteiger partial charge on any atom is -0.127 e. The number of hydrogen-bond acceptors (Lipinski definition) is 0. The molecule has 0 amide bonds. The van der Waals surface area contributed by atoms with Crippen LogP contribution in [-0.2, 0) is 0 Å². The highest BCUT2D eigenvalue weighted by Gasteiger charge is 2.33. The van der Waals surface area contributed by atoms with Crippen LogP contribution in [0.3, 0.4) is 0 Å². The molecule has 0 radical (unpaired) electrons. The van der Waals surface area contributed by atoms with E-state index in [0.717, 1.165) is 12.0 Å². The molecule has 2 unspecified atom stereocenters. The van der Waals surface area contributed by atoms with Crippen molar-refractivity contribution in [1.82, 2.24) is 0 Å². The van der Waals surface area contributed by atoms with Gasteiger partial charge in [-0.1, -0.05) is 47.1 Å². The molecule has 0 N–H and O–H groups in total. The van der Waals surface area contributed by atoms with Gasteiger partial charge in [0.1, 0.15) is 0 Å². The van der Waals surface area contributed by atoms with E-state index < -0.39 is 8.80 Å². The lowest BCUT2D eigenvalue weighted by Crippen LogP contribution is -2.38. The summed E-state index contributed by atoms with van der Waals surface area (Å²) in [6, 6.07) is 0. The van der Waals surface area contributed by atoms with Crippen LogP contribution in [0.4, 0.5) is 0 Å². The maximum atomic E-state index is 6.37. The van der Waals surface area contributed by atoms with Crippen LogP contribution >= 0.6 is 11.6 Å². The second-order valence-electron chi connectivity index (χ2n) is 5.06. The fraction of sp³-hybridized carbons (Fsp3) is 1.00. The summed E-state index contributed by atoms with van der Waals surface area (Å²) in [7, 11) is -0.824. The average Bonchev–Trinajstić information content (AvgIpc) is 1.83. The summed E-state index contributed by atoms with van der Waals surface area (Å²) in [5.74, 6) is 0. The van der Waals surface area contributed by atoms with Gasteiger partial charge in [-0.15, -0.1) is 11.6 Å². The molecule has 0 aliphatic carbocycles. The molecule has 0 spiro atoms. The van der Waals surface area contributed by atoms with Gasteiger partial charge in [0.15, 0.2) is 0 Å². The van der Waals surface area contributed by atoms with E-state index in [2.05, 4.69) is 41.5 Å². The van der Waals surface area contributed by atoms with Crippen molar-refractivity contribution in [2.45, 2.75) is 63.5 Å². The molecular weight excluding hydrogens is 184 g/mol. The molecule has 0 aliphatic heterocycles. The standard InChI is InChI=1S/C10H23ClSi/c1-7-9(11)12(8(2)3)10(4,5)6/h8-9,12H,7H2,1-6H3. The molecule has 0 aromatic carbocycles. The Labute approximate surface area is 84.3 Å². The number of hydrogen-bond donors (Lipinski definition) is 0. The molecular formula is C10H23ClSi. The minimum absolute atomic E-state index is 0.463. The third-order valence-electron chi connectivity index (χ3n) is 2.50. The molecule has 0 rings (SSSR count). The van der Waals surface area contributed by atoms with Gasteiger partial charge in [-0.05, 0) is 11.5 Å². The van der Waals surface area contributed by atoms with Gasteiger partial charge in [0.2, 0.25) is 0 Å². The van der Waals surface area contributed by atoms with E-state index in [4.69, 9.17) is 11.6 Å². The van der Waals surface area contributed by atoms with Crippen molar-refractivity contribution >= 4 is 20.4 Å². The third-order valence-corrected chi connectivity index (χ3v) is 8.31. The molecule has 2 atom stereocenters. The predicted molar refractivity (Wildman–Crippen MR) is 61.9 cm³/mol. The number of halogens is 1. The van der Waals surface area contributed by atoms with Crippen molar-refractivity contribution in [3.8, 4) is 0 Å². The highest BCUT2D eigenvalue weighted by molar-refractivity contribution is 6.73. The van der Waals surface area contributed by atoms with Crippen LogP contribution in [-0.4, -0.2) is 13.8 Å². The van der Waals surface area contributed by atoms with Gasteiger partial charge in [0.25, 0.3) is 0 Å². The SMILES string of the molecule is CCC(Cl)[SiH](C(C)C)C(C)(C)C. The molecule has 74 valence electrons. The van der Waals surface area contributed by atoms with Crippen LogP contribution in [0, 0.1) is 0 Å². The summed E-state index contributed by atoms with van der Waals surface area (Å²) in [5.41, 5.74) is 0.812. The summed E-state index contributed by atoms with van der Waals surface area (Å²) in [6.07, 6.45) is 1.13. The van der Waals surface area contributed by atoms with Crippen molar-refractivity contribution in [3.63, 3.8) is 0 Å². The van der Waals surface area contributed by atoms with Gasteiger partial charge in [-0.2, -0.15) is 0 Å². The smallest absolute Gasteiger partial charge is 0.0658 e. The molecule has 0 nitrogen and oxygen atoms in total. The highest BCUT2D eigenvalue weighted by atomic mass is 35.5. The zero-order valence-electron chi connectivity index (χ0n) is 9.32. The first-order valence-electron chi connectivity index (χ1n) is 4.94. The molecule has 0 bridgehead atoms. The fourth-order valence-electron chi connectivity index (χ4n) is 2.21. The lowest BCUT2D eigenvalue weighted by atomic mass is 10.2. The first-order chi connectivity index (χ1) is 5.30. The number of alkyl halides is 1. The Hall–Kier alpha value is 0.507. The molecule has 0 fully saturated rings. The lowest BCUT2D eigenvalue weighted by molar-refractivity contribution is 0.698. The molecule has 12 heavy (non-hydrogen) atoms. The van der Waals surface area contributed by atoms with Gasteiger partial charge in [-0.3, -0.25) is 0 Å². The second-order valence-corrected chi connectivity index (χ2v) is 11.0. The molecule has 0 heterocycles. The van der Waals surface area contributed by atoms with Gasteiger partial charge >= 0.3 is 0 Å². The summed E-state index contributed by atoms with van der Waals surface area (Å²) >= 11 is 6.37. The largest absolute Gasteiger partial charge is 0.127 e. The zero-order valence-corrected chi connectivity index (χ0v) is 11.2. The molecule has 0 saturated heterocycles. The molecule has 2 heteroatoms. The predicted octanol–water partition coefficient (Wildman–Crippen LogP) is 3.98. The second kappa shape index (κ2) is 4.66. The first kappa shape index (κ1) is 12.5. The summed E-state index contributed by atoms with van der Waals surface area (Å²) in [5, 5.41) is 0.932. The summed E-state index contributed by atoms with van der Waals surface area (Å²) < 4.78 is 0. The third kappa shape index (κ3) is 3.49. The van der Waals surface area contributed by atoms with Crippen molar-refractivity contribution in [3.05, 3.63) is 0 Å². The average molecular weight is 207 g/mol. The van der Waals surface area contributed by atoms with E-state index >= 15 is 0 Å². The van der Waals surface area contributed by atoms with E-state index in [0.29, 0.717) is 10.0 Å². The van der Waals surface area contributed by atoms with Crippen molar-refractivity contribution in [2.75, 3.05) is 0 Å².